The Balaban J connectivity index is 1.59. The first-order valence-corrected chi connectivity index (χ1v) is 9.60. The number of aromatic amines is 1. The lowest BCUT2D eigenvalue weighted by molar-refractivity contribution is 0.0946. The van der Waals surface area contributed by atoms with Crippen LogP contribution in [-0.4, -0.2) is 30.8 Å². The van der Waals surface area contributed by atoms with E-state index in [0.29, 0.717) is 23.6 Å². The highest BCUT2D eigenvalue weighted by molar-refractivity contribution is 7.89. The molecule has 3 aromatic rings. The minimum Gasteiger partial charge on any atom is -0.463 e. The van der Waals surface area contributed by atoms with Crippen LogP contribution in [0.5, 0.6) is 0 Å². The minimum absolute atomic E-state index is 0.00245. The van der Waals surface area contributed by atoms with Crippen molar-refractivity contribution in [1.29, 1.82) is 0 Å². The topological polar surface area (TPSA) is 105 Å². The van der Waals surface area contributed by atoms with Gasteiger partial charge in [-0.15, -0.1) is 0 Å². The molecule has 7 nitrogen and oxygen atoms in total. The molecular formula is C17H17N3O4S. The molecule has 0 saturated heterocycles. The molecule has 0 atom stereocenters. The first-order valence-electron chi connectivity index (χ1n) is 7.54. The van der Waals surface area contributed by atoms with Gasteiger partial charge in [-0.1, -0.05) is 24.3 Å². The lowest BCUT2D eigenvalue weighted by atomic mass is 10.1. The van der Waals surface area contributed by atoms with Crippen molar-refractivity contribution in [3.63, 3.8) is 0 Å². The summed E-state index contributed by atoms with van der Waals surface area (Å²) in [6.07, 6.45) is 2.74. The molecule has 0 radical (unpaired) electrons. The fourth-order valence-electron chi connectivity index (χ4n) is 2.33. The van der Waals surface area contributed by atoms with E-state index in [4.69, 9.17) is 4.42 Å². The van der Waals surface area contributed by atoms with Crippen LogP contribution in [0.4, 0.5) is 0 Å². The third kappa shape index (κ3) is 4.57. The third-order valence-corrected chi connectivity index (χ3v) is 4.36. The molecule has 0 bridgehead atoms. The van der Waals surface area contributed by atoms with Crippen LogP contribution >= 0.6 is 0 Å². The highest BCUT2D eigenvalue weighted by Crippen LogP contribution is 2.17. The van der Waals surface area contributed by atoms with Crippen LogP contribution in [0.15, 0.2) is 53.1 Å². The molecule has 3 rings (SSSR count). The van der Waals surface area contributed by atoms with E-state index >= 15 is 0 Å². The summed E-state index contributed by atoms with van der Waals surface area (Å²) in [5.41, 5.74) is 2.47. The molecule has 0 aliphatic rings. The van der Waals surface area contributed by atoms with Gasteiger partial charge in [0, 0.05) is 18.9 Å². The molecule has 1 amide bonds. The lowest BCUT2D eigenvalue weighted by Crippen LogP contribution is -2.23. The van der Waals surface area contributed by atoms with Gasteiger partial charge in [0.2, 0.25) is 0 Å². The number of H-pyrrole nitrogens is 1. The molecule has 2 heterocycles. The summed E-state index contributed by atoms with van der Waals surface area (Å²) in [6, 6.07) is 12.2. The van der Waals surface area contributed by atoms with Crippen molar-refractivity contribution in [2.45, 2.75) is 12.3 Å². The van der Waals surface area contributed by atoms with Crippen molar-refractivity contribution in [2.75, 3.05) is 6.26 Å². The van der Waals surface area contributed by atoms with Crippen LogP contribution in [0.1, 0.15) is 21.6 Å². The Morgan fingerprint density at radius 2 is 1.92 bits per heavy atom. The molecule has 2 aromatic heterocycles. The largest absolute Gasteiger partial charge is 0.463 e. The van der Waals surface area contributed by atoms with Gasteiger partial charge >= 0.3 is 0 Å². The number of nitrogens with zero attached hydrogens (tertiary/aromatic N) is 1. The Bertz CT molecular complexity index is 958. The summed E-state index contributed by atoms with van der Waals surface area (Å²) in [5.74, 6) is 0.296. The number of nitrogens with one attached hydrogen (secondary N) is 2. The zero-order valence-corrected chi connectivity index (χ0v) is 14.3. The Morgan fingerprint density at radius 3 is 2.56 bits per heavy atom. The van der Waals surface area contributed by atoms with E-state index in [0.717, 1.165) is 5.56 Å². The number of aromatic nitrogens is 2. The van der Waals surface area contributed by atoms with Crippen LogP contribution in [0.3, 0.4) is 0 Å². The van der Waals surface area contributed by atoms with Crippen LogP contribution in [0, 0.1) is 0 Å². The Hall–Kier alpha value is -2.87. The van der Waals surface area contributed by atoms with E-state index in [-0.39, 0.29) is 17.4 Å². The number of amides is 1. The number of carbonyl (C=O) groups is 1. The maximum Gasteiger partial charge on any atom is 0.272 e. The highest BCUT2D eigenvalue weighted by atomic mass is 32.2. The fourth-order valence-corrected chi connectivity index (χ4v) is 3.12. The Morgan fingerprint density at radius 1 is 1.20 bits per heavy atom. The number of rotatable bonds is 6. The second-order valence-corrected chi connectivity index (χ2v) is 7.85. The van der Waals surface area contributed by atoms with Crippen LogP contribution in [-0.2, 0) is 22.1 Å². The third-order valence-electron chi connectivity index (χ3n) is 3.50. The summed E-state index contributed by atoms with van der Waals surface area (Å²) >= 11 is 0. The second kappa shape index (κ2) is 6.94. The number of hydrogen-bond donors (Lipinski definition) is 2. The number of carbonyl (C=O) groups excluding carboxylic acids is 1. The van der Waals surface area contributed by atoms with Gasteiger partial charge in [0.15, 0.2) is 21.3 Å². The minimum atomic E-state index is -3.06. The van der Waals surface area contributed by atoms with Gasteiger partial charge in [-0.3, -0.25) is 9.89 Å². The summed E-state index contributed by atoms with van der Waals surface area (Å²) in [4.78, 5) is 12.2. The zero-order chi connectivity index (χ0) is 17.9. The van der Waals surface area contributed by atoms with Gasteiger partial charge in [-0.2, -0.15) is 5.10 Å². The second-order valence-electron chi connectivity index (χ2n) is 5.71. The van der Waals surface area contributed by atoms with E-state index in [1.807, 2.05) is 0 Å². The maximum absolute atomic E-state index is 12.2. The lowest BCUT2D eigenvalue weighted by Gasteiger charge is -2.05. The van der Waals surface area contributed by atoms with Gasteiger partial charge in [0.05, 0.1) is 12.0 Å². The Labute approximate surface area is 145 Å². The van der Waals surface area contributed by atoms with E-state index in [2.05, 4.69) is 15.5 Å². The molecule has 1 aromatic carbocycles. The average Bonchev–Trinajstić information content (AvgIpc) is 3.23. The first-order chi connectivity index (χ1) is 11.9. The van der Waals surface area contributed by atoms with Gasteiger partial charge in [-0.25, -0.2) is 8.42 Å². The van der Waals surface area contributed by atoms with Crippen LogP contribution in [0.2, 0.25) is 0 Å². The molecule has 0 unspecified atom stereocenters. The number of hydrogen-bond acceptors (Lipinski definition) is 5. The van der Waals surface area contributed by atoms with Gasteiger partial charge in [0.25, 0.3) is 5.91 Å². The quantitative estimate of drug-likeness (QED) is 0.701. The summed E-state index contributed by atoms with van der Waals surface area (Å²) in [6.45, 7) is 0.320. The molecule has 0 saturated carbocycles. The van der Waals surface area contributed by atoms with E-state index in [1.54, 1.807) is 48.7 Å². The molecule has 0 fully saturated rings. The normalized spacial score (nSPS) is 11.4. The molecule has 8 heteroatoms. The van der Waals surface area contributed by atoms with Crippen molar-refractivity contribution in [3.05, 3.63) is 65.5 Å². The fraction of sp³-hybridized carbons (Fsp3) is 0.176. The van der Waals surface area contributed by atoms with Crippen LogP contribution in [0.25, 0.3) is 11.5 Å². The zero-order valence-electron chi connectivity index (χ0n) is 13.5. The van der Waals surface area contributed by atoms with E-state index < -0.39 is 9.84 Å². The number of benzene rings is 1. The summed E-state index contributed by atoms with van der Waals surface area (Å²) < 4.78 is 27.8. The molecular weight excluding hydrogens is 342 g/mol. The average molecular weight is 359 g/mol. The van der Waals surface area contributed by atoms with Gasteiger partial charge in [-0.05, 0) is 23.3 Å². The van der Waals surface area contributed by atoms with Crippen molar-refractivity contribution < 1.29 is 17.6 Å². The van der Waals surface area contributed by atoms with Crippen molar-refractivity contribution in [3.8, 4) is 11.5 Å². The first kappa shape index (κ1) is 17.0. The van der Waals surface area contributed by atoms with E-state index in [1.165, 1.54) is 6.26 Å². The molecule has 25 heavy (non-hydrogen) atoms. The highest BCUT2D eigenvalue weighted by Gasteiger charge is 2.12. The summed E-state index contributed by atoms with van der Waals surface area (Å²) in [5, 5.41) is 9.50. The number of furan rings is 1. The molecule has 0 spiro atoms. The monoisotopic (exact) mass is 359 g/mol. The maximum atomic E-state index is 12.2. The van der Waals surface area contributed by atoms with E-state index in [9.17, 15) is 13.2 Å². The van der Waals surface area contributed by atoms with Crippen molar-refractivity contribution >= 4 is 15.7 Å². The predicted molar refractivity (Wildman–Crippen MR) is 92.4 cm³/mol. The predicted octanol–water partition coefficient (Wildman–Crippen LogP) is 2.14. The van der Waals surface area contributed by atoms with Crippen molar-refractivity contribution in [1.82, 2.24) is 15.5 Å². The molecule has 0 aliphatic heterocycles. The number of sulfone groups is 1. The molecule has 130 valence electrons. The molecule has 0 aliphatic carbocycles. The SMILES string of the molecule is CS(=O)(=O)Cc1ccc(CNC(=O)c2cc(-c3ccco3)[nH]n2)cc1. The molecule has 2 N–H and O–H groups in total. The standard InChI is InChI=1S/C17H17N3O4S/c1-25(22,23)11-13-6-4-12(5-7-13)10-18-17(21)15-9-14(19-20-15)16-3-2-8-24-16/h2-9H,10-11H2,1H3,(H,18,21)(H,19,20). The van der Waals surface area contributed by atoms with Crippen LogP contribution < -0.4 is 5.32 Å². The van der Waals surface area contributed by atoms with Crippen molar-refractivity contribution in [2.24, 2.45) is 0 Å². The Kier molecular flexibility index (Phi) is 4.71. The summed E-state index contributed by atoms with van der Waals surface area (Å²) in [7, 11) is -3.06. The smallest absolute Gasteiger partial charge is 0.272 e. The van der Waals surface area contributed by atoms with Gasteiger partial charge in [0.1, 0.15) is 5.69 Å². The van der Waals surface area contributed by atoms with Gasteiger partial charge < -0.3 is 9.73 Å².